The van der Waals surface area contributed by atoms with Gasteiger partial charge in [0.05, 0.1) is 12.6 Å². The van der Waals surface area contributed by atoms with Crippen molar-refractivity contribution in [3.8, 4) is 0 Å². The van der Waals surface area contributed by atoms with Crippen LogP contribution in [0.3, 0.4) is 0 Å². The van der Waals surface area contributed by atoms with E-state index in [-0.39, 0.29) is 11.8 Å². The normalized spacial score (nSPS) is 17.1. The smallest absolute Gasteiger partial charge is 0.303 e. The maximum Gasteiger partial charge on any atom is 0.303 e. The fraction of sp³-hybridized carbons (Fsp3) is 0.462. The van der Waals surface area contributed by atoms with Crippen molar-refractivity contribution in [2.24, 2.45) is 5.41 Å². The summed E-state index contributed by atoms with van der Waals surface area (Å²) in [5.74, 6) is 0.0466. The lowest BCUT2D eigenvalue weighted by Gasteiger charge is -2.41. The van der Waals surface area contributed by atoms with Crippen LogP contribution in [0.15, 0.2) is 24.5 Å². The highest BCUT2D eigenvalue weighted by molar-refractivity contribution is 5.68. The molecular formula is C13H16N4O2. The molecule has 0 unspecified atom stereocenters. The molecule has 2 heterocycles. The monoisotopic (exact) mass is 260 g/mol. The number of nitrogens with zero attached hydrogens (tertiary/aromatic N) is 3. The molecular weight excluding hydrogens is 244 g/mol. The Morgan fingerprint density at radius 2 is 2.32 bits per heavy atom. The van der Waals surface area contributed by atoms with Crippen LogP contribution in [0.25, 0.3) is 5.65 Å². The number of carbonyl (C=O) groups is 1. The molecule has 0 bridgehead atoms. The molecule has 1 saturated carbocycles. The van der Waals surface area contributed by atoms with Gasteiger partial charge in [0, 0.05) is 18.8 Å². The predicted molar refractivity (Wildman–Crippen MR) is 70.0 cm³/mol. The van der Waals surface area contributed by atoms with E-state index < -0.39 is 5.97 Å². The van der Waals surface area contributed by atoms with Crippen molar-refractivity contribution >= 4 is 17.4 Å². The molecule has 6 heteroatoms. The number of nitrogens with one attached hydrogen (secondary N) is 1. The van der Waals surface area contributed by atoms with Gasteiger partial charge in [0.15, 0.2) is 5.65 Å². The molecule has 1 fully saturated rings. The van der Waals surface area contributed by atoms with E-state index in [9.17, 15) is 4.79 Å². The van der Waals surface area contributed by atoms with E-state index in [1.54, 1.807) is 10.7 Å². The van der Waals surface area contributed by atoms with Crippen molar-refractivity contribution in [2.45, 2.75) is 25.7 Å². The van der Waals surface area contributed by atoms with E-state index >= 15 is 0 Å². The molecule has 2 N–H and O–H groups in total. The Labute approximate surface area is 110 Å². The molecule has 1 aliphatic carbocycles. The second kappa shape index (κ2) is 4.53. The average molecular weight is 260 g/mol. The Bertz CT molecular complexity index is 603. The molecule has 0 aromatic carbocycles. The van der Waals surface area contributed by atoms with Gasteiger partial charge >= 0.3 is 5.97 Å². The van der Waals surface area contributed by atoms with Gasteiger partial charge < -0.3 is 10.4 Å². The van der Waals surface area contributed by atoms with Crippen LogP contribution in [0.2, 0.25) is 0 Å². The van der Waals surface area contributed by atoms with Gasteiger partial charge in [-0.15, -0.1) is 0 Å². The molecule has 3 rings (SSSR count). The van der Waals surface area contributed by atoms with Crippen LogP contribution < -0.4 is 5.32 Å². The number of hydrogen-bond donors (Lipinski definition) is 2. The molecule has 2 aromatic rings. The number of aliphatic carboxylic acids is 1. The maximum atomic E-state index is 10.9. The maximum absolute atomic E-state index is 10.9. The van der Waals surface area contributed by atoms with Gasteiger partial charge in [0.25, 0.3) is 0 Å². The zero-order chi connectivity index (χ0) is 13.3. The molecule has 1 aliphatic rings. The summed E-state index contributed by atoms with van der Waals surface area (Å²) in [4.78, 5) is 15.3. The van der Waals surface area contributed by atoms with Crippen molar-refractivity contribution in [3.63, 3.8) is 0 Å². The first kappa shape index (κ1) is 12.0. The molecule has 0 amide bonds. The average Bonchev–Trinajstić information content (AvgIpc) is 2.79. The number of aromatic nitrogens is 3. The highest BCUT2D eigenvalue weighted by Crippen LogP contribution is 2.43. The number of carboxylic acids is 1. The lowest BCUT2D eigenvalue weighted by atomic mass is 9.66. The standard InChI is InChI=1S/C13H16N4O2/c18-12(19)8-13(4-1-5-13)9-14-10-3-7-17-11(16-10)2-6-15-17/h2-3,6-7H,1,4-5,8-9H2,(H,14,16)(H,18,19). The summed E-state index contributed by atoms with van der Waals surface area (Å²) < 4.78 is 1.70. The Morgan fingerprint density at radius 3 is 3.00 bits per heavy atom. The van der Waals surface area contributed by atoms with Crippen molar-refractivity contribution in [1.82, 2.24) is 14.6 Å². The van der Waals surface area contributed by atoms with Crippen LogP contribution in [0, 0.1) is 5.41 Å². The Balaban J connectivity index is 1.69. The summed E-state index contributed by atoms with van der Waals surface area (Å²) in [7, 11) is 0. The van der Waals surface area contributed by atoms with E-state index in [0.29, 0.717) is 6.54 Å². The molecule has 0 saturated heterocycles. The minimum Gasteiger partial charge on any atom is -0.481 e. The van der Waals surface area contributed by atoms with Crippen molar-refractivity contribution in [2.75, 3.05) is 11.9 Å². The first-order valence-corrected chi connectivity index (χ1v) is 6.43. The van der Waals surface area contributed by atoms with Gasteiger partial charge in [0.2, 0.25) is 0 Å². The second-order valence-electron chi connectivity index (χ2n) is 5.22. The van der Waals surface area contributed by atoms with Crippen molar-refractivity contribution in [1.29, 1.82) is 0 Å². The van der Waals surface area contributed by atoms with Gasteiger partial charge in [-0.25, -0.2) is 9.50 Å². The Hall–Kier alpha value is -2.11. The first-order chi connectivity index (χ1) is 9.17. The molecule has 6 nitrogen and oxygen atoms in total. The fourth-order valence-electron chi connectivity index (χ4n) is 2.60. The highest BCUT2D eigenvalue weighted by atomic mass is 16.4. The van der Waals surface area contributed by atoms with Gasteiger partial charge in [-0.1, -0.05) is 6.42 Å². The molecule has 100 valence electrons. The van der Waals surface area contributed by atoms with Gasteiger partial charge in [0.1, 0.15) is 5.82 Å². The van der Waals surface area contributed by atoms with Gasteiger partial charge in [-0.3, -0.25) is 4.79 Å². The number of rotatable bonds is 5. The lowest BCUT2D eigenvalue weighted by molar-refractivity contribution is -0.141. The van der Waals surface area contributed by atoms with E-state index in [1.165, 1.54) is 0 Å². The quantitative estimate of drug-likeness (QED) is 0.856. The summed E-state index contributed by atoms with van der Waals surface area (Å²) in [6.07, 6.45) is 6.83. The number of carboxylic acid groups (broad SMARTS) is 1. The Morgan fingerprint density at radius 1 is 1.47 bits per heavy atom. The van der Waals surface area contributed by atoms with Crippen molar-refractivity contribution < 1.29 is 9.90 Å². The van der Waals surface area contributed by atoms with Gasteiger partial charge in [-0.05, 0) is 24.3 Å². The Kier molecular flexibility index (Phi) is 2.85. The highest BCUT2D eigenvalue weighted by Gasteiger charge is 2.38. The number of anilines is 1. The minimum atomic E-state index is -0.722. The summed E-state index contributed by atoms with van der Waals surface area (Å²) in [6, 6.07) is 3.69. The summed E-state index contributed by atoms with van der Waals surface area (Å²) in [6.45, 7) is 0.663. The van der Waals surface area contributed by atoms with Crippen LogP contribution in [0.5, 0.6) is 0 Å². The van der Waals surface area contributed by atoms with Crippen LogP contribution in [-0.4, -0.2) is 32.2 Å². The van der Waals surface area contributed by atoms with E-state index in [2.05, 4.69) is 15.4 Å². The van der Waals surface area contributed by atoms with Crippen molar-refractivity contribution in [3.05, 3.63) is 24.5 Å². The summed E-state index contributed by atoms with van der Waals surface area (Å²) in [5.41, 5.74) is 0.686. The van der Waals surface area contributed by atoms with Crippen LogP contribution >= 0.6 is 0 Å². The number of hydrogen-bond acceptors (Lipinski definition) is 4. The topological polar surface area (TPSA) is 79.5 Å². The third-order valence-electron chi connectivity index (χ3n) is 3.84. The summed E-state index contributed by atoms with van der Waals surface area (Å²) >= 11 is 0. The van der Waals surface area contributed by atoms with Crippen LogP contribution in [-0.2, 0) is 4.79 Å². The fourth-order valence-corrected chi connectivity index (χ4v) is 2.60. The SMILES string of the molecule is O=C(O)CC1(CNc2ccn3nccc3n2)CCC1. The van der Waals surface area contributed by atoms with E-state index in [0.717, 1.165) is 30.7 Å². The molecule has 0 aliphatic heterocycles. The van der Waals surface area contributed by atoms with Gasteiger partial charge in [-0.2, -0.15) is 5.10 Å². The zero-order valence-electron chi connectivity index (χ0n) is 10.5. The first-order valence-electron chi connectivity index (χ1n) is 6.43. The zero-order valence-corrected chi connectivity index (χ0v) is 10.5. The number of fused-ring (bicyclic) bond motifs is 1. The molecule has 2 aromatic heterocycles. The minimum absolute atomic E-state index is 0.0973. The van der Waals surface area contributed by atoms with Crippen LogP contribution in [0.1, 0.15) is 25.7 Å². The van der Waals surface area contributed by atoms with Crippen LogP contribution in [0.4, 0.5) is 5.82 Å². The molecule has 0 radical (unpaired) electrons. The molecule has 0 atom stereocenters. The predicted octanol–water partition coefficient (Wildman–Crippen LogP) is 1.79. The third kappa shape index (κ3) is 2.38. The second-order valence-corrected chi connectivity index (χ2v) is 5.22. The largest absolute Gasteiger partial charge is 0.481 e. The lowest BCUT2D eigenvalue weighted by Crippen LogP contribution is -2.38. The summed E-state index contributed by atoms with van der Waals surface area (Å²) in [5, 5.41) is 16.3. The molecule has 19 heavy (non-hydrogen) atoms. The molecule has 0 spiro atoms. The third-order valence-corrected chi connectivity index (χ3v) is 3.84. The van der Waals surface area contributed by atoms with E-state index in [1.807, 2.05) is 18.3 Å². The van der Waals surface area contributed by atoms with E-state index in [4.69, 9.17) is 5.11 Å².